The molecular weight excluding hydrogens is 605 g/mol. The fraction of sp³-hybridized carbons (Fsp3) is 0.0833. The Balaban J connectivity index is 1.10. The molecule has 0 bridgehead atoms. The smallest absolute Gasteiger partial charge is 0.0629 e. The zero-order chi connectivity index (χ0) is 33.7. The molecule has 2 unspecified atom stereocenters. The van der Waals surface area contributed by atoms with Crippen molar-refractivity contribution in [3.05, 3.63) is 211 Å². The van der Waals surface area contributed by atoms with Crippen molar-refractivity contribution < 1.29 is 0 Å². The highest BCUT2D eigenvalue weighted by Crippen LogP contribution is 2.48. The molecule has 0 fully saturated rings. The Kier molecular flexibility index (Phi) is 8.83. The molecule has 6 aromatic carbocycles. The SMILES string of the molecule is C/C=C(\C=C/CN(c1ccc(-c2ccccc2)cc1)c1ccc(-c2ccc3c(c2)C2C=CC=CC2N3c2ccccc2)cc1)c1ccccc1. The first-order valence-electron chi connectivity index (χ1n) is 17.5. The topological polar surface area (TPSA) is 6.48 Å². The van der Waals surface area contributed by atoms with E-state index in [4.69, 9.17) is 0 Å². The number of rotatable bonds is 9. The van der Waals surface area contributed by atoms with Gasteiger partial charge in [-0.25, -0.2) is 0 Å². The van der Waals surface area contributed by atoms with Gasteiger partial charge in [-0.05, 0) is 94.4 Å². The second-order valence-corrected chi connectivity index (χ2v) is 12.8. The van der Waals surface area contributed by atoms with Crippen molar-refractivity contribution in [1.29, 1.82) is 0 Å². The number of anilines is 4. The average Bonchev–Trinajstić information content (AvgIpc) is 3.53. The lowest BCUT2D eigenvalue weighted by molar-refractivity contribution is 0.745. The Morgan fingerprint density at radius 2 is 1.16 bits per heavy atom. The summed E-state index contributed by atoms with van der Waals surface area (Å²) in [6.07, 6.45) is 15.7. The van der Waals surface area contributed by atoms with Gasteiger partial charge in [0.15, 0.2) is 0 Å². The predicted octanol–water partition coefficient (Wildman–Crippen LogP) is 12.5. The van der Waals surface area contributed by atoms with Crippen molar-refractivity contribution in [2.45, 2.75) is 18.9 Å². The molecule has 1 heterocycles. The summed E-state index contributed by atoms with van der Waals surface area (Å²) in [5.41, 5.74) is 13.6. The van der Waals surface area contributed by atoms with E-state index in [2.05, 4.69) is 217 Å². The number of fused-ring (bicyclic) bond motifs is 3. The van der Waals surface area contributed by atoms with Crippen LogP contribution < -0.4 is 9.80 Å². The molecule has 0 amide bonds. The Morgan fingerprint density at radius 3 is 1.82 bits per heavy atom. The van der Waals surface area contributed by atoms with Gasteiger partial charge in [0.25, 0.3) is 0 Å². The number of nitrogens with zero attached hydrogens (tertiary/aromatic N) is 2. The maximum absolute atomic E-state index is 2.48. The van der Waals surface area contributed by atoms with E-state index in [9.17, 15) is 0 Å². The molecule has 2 heteroatoms. The van der Waals surface area contributed by atoms with Crippen molar-refractivity contribution in [1.82, 2.24) is 0 Å². The maximum Gasteiger partial charge on any atom is 0.0629 e. The highest BCUT2D eigenvalue weighted by molar-refractivity contribution is 5.80. The summed E-state index contributed by atoms with van der Waals surface area (Å²) in [7, 11) is 0. The van der Waals surface area contributed by atoms with Crippen LogP contribution in [-0.4, -0.2) is 12.6 Å². The Labute approximate surface area is 296 Å². The van der Waals surface area contributed by atoms with Gasteiger partial charge in [-0.15, -0.1) is 0 Å². The summed E-state index contributed by atoms with van der Waals surface area (Å²) in [5, 5.41) is 0. The lowest BCUT2D eigenvalue weighted by Crippen LogP contribution is -2.28. The first kappa shape index (κ1) is 31.2. The van der Waals surface area contributed by atoms with E-state index < -0.39 is 0 Å². The van der Waals surface area contributed by atoms with Crippen molar-refractivity contribution >= 4 is 28.3 Å². The van der Waals surface area contributed by atoms with Crippen molar-refractivity contribution in [3.8, 4) is 22.3 Å². The van der Waals surface area contributed by atoms with E-state index >= 15 is 0 Å². The van der Waals surface area contributed by atoms with Crippen LogP contribution in [0.25, 0.3) is 27.8 Å². The van der Waals surface area contributed by atoms with Crippen LogP contribution in [0.4, 0.5) is 22.7 Å². The molecule has 0 saturated heterocycles. The number of para-hydroxylation sites is 1. The van der Waals surface area contributed by atoms with Crippen LogP contribution in [-0.2, 0) is 0 Å². The summed E-state index contributed by atoms with van der Waals surface area (Å²) >= 11 is 0. The third kappa shape index (κ3) is 6.24. The molecule has 1 aliphatic carbocycles. The molecule has 0 aromatic heterocycles. The number of allylic oxidation sites excluding steroid dienone is 5. The summed E-state index contributed by atoms with van der Waals surface area (Å²) in [5.74, 6) is 0.327. The number of benzene rings is 6. The van der Waals surface area contributed by atoms with Gasteiger partial charge in [0.2, 0.25) is 0 Å². The Bertz CT molecular complexity index is 2180. The van der Waals surface area contributed by atoms with E-state index in [0.717, 1.165) is 17.9 Å². The summed E-state index contributed by atoms with van der Waals surface area (Å²) in [6, 6.07) is 57.2. The standard InChI is InChI=1S/C48H40N2/c1-2-36(37-15-6-3-7-16-37)19-14-34-49(42-29-24-39(25-30-42)38-17-8-4-9-18-38)43-31-26-40(27-32-43)41-28-33-48-46(35-41)45-22-12-13-23-47(45)50(48)44-20-10-5-11-21-44/h2-33,35,45,47H,34H2,1H3/b19-14-,36-2+. The third-order valence-electron chi connectivity index (χ3n) is 9.89. The molecule has 0 radical (unpaired) electrons. The van der Waals surface area contributed by atoms with Crippen LogP contribution >= 0.6 is 0 Å². The minimum Gasteiger partial charge on any atom is -0.338 e. The highest BCUT2D eigenvalue weighted by atomic mass is 15.2. The molecule has 2 atom stereocenters. The molecule has 6 aromatic rings. The van der Waals surface area contributed by atoms with Crippen LogP contribution in [0.15, 0.2) is 200 Å². The minimum absolute atomic E-state index is 0.287. The first-order chi connectivity index (χ1) is 24.8. The first-order valence-corrected chi connectivity index (χ1v) is 17.5. The Morgan fingerprint density at radius 1 is 0.600 bits per heavy atom. The molecule has 1 aliphatic heterocycles. The van der Waals surface area contributed by atoms with E-state index in [0.29, 0.717) is 5.92 Å². The molecular formula is C48H40N2. The molecule has 242 valence electrons. The second-order valence-electron chi connectivity index (χ2n) is 12.8. The van der Waals surface area contributed by atoms with Crippen LogP contribution in [0, 0.1) is 0 Å². The Hall–Kier alpha value is -6.12. The molecule has 8 rings (SSSR count). The summed E-state index contributed by atoms with van der Waals surface area (Å²) in [4.78, 5) is 4.87. The zero-order valence-corrected chi connectivity index (χ0v) is 28.3. The van der Waals surface area contributed by atoms with Crippen molar-refractivity contribution in [3.63, 3.8) is 0 Å². The van der Waals surface area contributed by atoms with Crippen LogP contribution in [0.5, 0.6) is 0 Å². The highest BCUT2D eigenvalue weighted by Gasteiger charge is 2.37. The summed E-state index contributed by atoms with van der Waals surface area (Å²) in [6.45, 7) is 2.84. The zero-order valence-electron chi connectivity index (χ0n) is 28.3. The quantitative estimate of drug-likeness (QED) is 0.145. The maximum atomic E-state index is 2.48. The third-order valence-corrected chi connectivity index (χ3v) is 9.89. The number of hydrogen-bond acceptors (Lipinski definition) is 2. The molecule has 0 N–H and O–H groups in total. The monoisotopic (exact) mass is 644 g/mol. The van der Waals surface area contributed by atoms with Gasteiger partial charge in [0.1, 0.15) is 0 Å². The van der Waals surface area contributed by atoms with Gasteiger partial charge in [-0.3, -0.25) is 0 Å². The van der Waals surface area contributed by atoms with Gasteiger partial charge >= 0.3 is 0 Å². The minimum atomic E-state index is 0.287. The second kappa shape index (κ2) is 14.2. The molecule has 0 saturated carbocycles. The number of hydrogen-bond donors (Lipinski definition) is 0. The van der Waals surface area contributed by atoms with Gasteiger partial charge in [0.05, 0.1) is 6.04 Å². The van der Waals surface area contributed by atoms with Crippen LogP contribution in [0.1, 0.15) is 24.0 Å². The van der Waals surface area contributed by atoms with Gasteiger partial charge in [0, 0.05) is 35.2 Å². The fourth-order valence-corrected chi connectivity index (χ4v) is 7.34. The van der Waals surface area contributed by atoms with E-state index in [1.807, 2.05) is 0 Å². The largest absolute Gasteiger partial charge is 0.338 e. The fourth-order valence-electron chi connectivity index (χ4n) is 7.34. The van der Waals surface area contributed by atoms with Gasteiger partial charge < -0.3 is 9.80 Å². The van der Waals surface area contributed by atoms with Crippen LogP contribution in [0.2, 0.25) is 0 Å². The van der Waals surface area contributed by atoms with Crippen molar-refractivity contribution in [2.24, 2.45) is 0 Å². The van der Waals surface area contributed by atoms with Gasteiger partial charge in [-0.2, -0.15) is 0 Å². The van der Waals surface area contributed by atoms with Crippen molar-refractivity contribution in [2.75, 3.05) is 16.3 Å². The molecule has 50 heavy (non-hydrogen) atoms. The van der Waals surface area contributed by atoms with Crippen LogP contribution in [0.3, 0.4) is 0 Å². The lowest BCUT2D eigenvalue weighted by Gasteiger charge is -2.28. The van der Waals surface area contributed by atoms with E-state index in [1.54, 1.807) is 0 Å². The van der Waals surface area contributed by atoms with E-state index in [-0.39, 0.29) is 6.04 Å². The molecule has 2 aliphatic rings. The lowest BCUT2D eigenvalue weighted by atomic mass is 9.89. The predicted molar refractivity (Wildman–Crippen MR) is 213 cm³/mol. The van der Waals surface area contributed by atoms with Gasteiger partial charge in [-0.1, -0.05) is 152 Å². The molecule has 2 nitrogen and oxygen atoms in total. The summed E-state index contributed by atoms with van der Waals surface area (Å²) < 4.78 is 0. The average molecular weight is 645 g/mol. The normalized spacial score (nSPS) is 16.4. The molecule has 0 spiro atoms. The van der Waals surface area contributed by atoms with E-state index in [1.165, 1.54) is 50.3 Å².